The normalized spacial score (nSPS) is 25.8. The van der Waals surface area contributed by atoms with Crippen LogP contribution in [0.1, 0.15) is 93.5 Å². The molecule has 1 aromatic rings. The molecule has 1 aliphatic heterocycles. The van der Waals surface area contributed by atoms with Gasteiger partial charge >= 0.3 is 0 Å². The van der Waals surface area contributed by atoms with Gasteiger partial charge in [0.15, 0.2) is 12.1 Å². The van der Waals surface area contributed by atoms with Crippen molar-refractivity contribution in [1.82, 2.24) is 0 Å². The maximum Gasteiger partial charge on any atom is 0.170 e. The Labute approximate surface area is 179 Å². The third-order valence-corrected chi connectivity index (χ3v) is 7.42. The Bertz CT molecular complexity index is 839. The van der Waals surface area contributed by atoms with E-state index in [2.05, 4.69) is 27.7 Å². The average molecular weight is 417 g/mol. The topological polar surface area (TPSA) is 83.8 Å². The number of hydrogen-bond donors (Lipinski definition) is 2. The number of Topliss-reactive ketones (excluding diaryl/α,β-unsaturated/α-hetero) is 1. The van der Waals surface area contributed by atoms with Crippen LogP contribution in [0.5, 0.6) is 17.2 Å². The zero-order chi connectivity index (χ0) is 22.4. The van der Waals surface area contributed by atoms with Crippen molar-refractivity contribution in [2.45, 2.75) is 79.8 Å². The number of ketones is 1. The third kappa shape index (κ3) is 3.50. The van der Waals surface area contributed by atoms with Crippen molar-refractivity contribution in [2.75, 3.05) is 0 Å². The molecule has 1 aromatic carbocycles. The van der Waals surface area contributed by atoms with Gasteiger partial charge in [-0.2, -0.15) is 0 Å². The van der Waals surface area contributed by atoms with Crippen LogP contribution in [0.15, 0.2) is 0 Å². The summed E-state index contributed by atoms with van der Waals surface area (Å²) in [6.07, 6.45) is 4.32. The number of fused-ring (bicyclic) bond motifs is 2. The Kier molecular flexibility index (Phi) is 6.22. The summed E-state index contributed by atoms with van der Waals surface area (Å²) in [4.78, 5) is 24.8. The summed E-state index contributed by atoms with van der Waals surface area (Å²) in [5, 5.41) is 21.9. The number of rotatable bonds is 6. The van der Waals surface area contributed by atoms with Crippen LogP contribution in [0, 0.1) is 29.1 Å². The first-order chi connectivity index (χ1) is 14.0. The van der Waals surface area contributed by atoms with Gasteiger partial charge in [-0.1, -0.05) is 48.0 Å². The number of hydrogen-bond acceptors (Lipinski definition) is 5. The van der Waals surface area contributed by atoms with E-state index in [-0.39, 0.29) is 52.3 Å². The molecule has 3 rings (SSSR count). The summed E-state index contributed by atoms with van der Waals surface area (Å²) in [6, 6.07) is 0. The summed E-state index contributed by atoms with van der Waals surface area (Å²) in [5.74, 6) is 0.360. The second-order valence-electron chi connectivity index (χ2n) is 10.3. The number of benzene rings is 1. The predicted molar refractivity (Wildman–Crippen MR) is 117 cm³/mol. The van der Waals surface area contributed by atoms with Crippen molar-refractivity contribution in [3.05, 3.63) is 16.7 Å². The summed E-state index contributed by atoms with van der Waals surface area (Å²) in [5.41, 5.74) is 0.172. The first-order valence-electron chi connectivity index (χ1n) is 11.3. The van der Waals surface area contributed by atoms with Crippen LogP contribution in [-0.4, -0.2) is 28.4 Å². The van der Waals surface area contributed by atoms with Crippen LogP contribution in [0.25, 0.3) is 0 Å². The molecule has 0 aromatic heterocycles. The molecule has 1 heterocycles. The van der Waals surface area contributed by atoms with E-state index in [0.717, 1.165) is 19.3 Å². The lowest BCUT2D eigenvalue weighted by atomic mass is 9.56. The molecule has 1 fully saturated rings. The number of aldehydes is 1. The van der Waals surface area contributed by atoms with Crippen LogP contribution < -0.4 is 4.74 Å². The van der Waals surface area contributed by atoms with Crippen molar-refractivity contribution < 1.29 is 24.5 Å². The zero-order valence-electron chi connectivity index (χ0n) is 19.1. The van der Waals surface area contributed by atoms with Gasteiger partial charge in [-0.25, -0.2) is 0 Å². The molecule has 0 unspecified atom stereocenters. The molecule has 3 atom stereocenters. The SMILES string of the molecule is CC(C)CC(=O)c1c(O)c(C=O)c2c(c1O)C[C@@]1(C(C)C)CCC[C@H](C(C)C)[C@H]1O2. The molecule has 1 aliphatic carbocycles. The maximum absolute atomic E-state index is 12.8. The molecule has 166 valence electrons. The summed E-state index contributed by atoms with van der Waals surface area (Å²) < 4.78 is 6.51. The number of aromatic hydroxyl groups is 2. The molecule has 1 saturated carbocycles. The van der Waals surface area contributed by atoms with E-state index >= 15 is 0 Å². The Morgan fingerprint density at radius 2 is 1.83 bits per heavy atom. The highest BCUT2D eigenvalue weighted by Gasteiger charge is 2.54. The zero-order valence-corrected chi connectivity index (χ0v) is 19.1. The smallest absolute Gasteiger partial charge is 0.170 e. The van der Waals surface area contributed by atoms with E-state index in [1.165, 1.54) is 0 Å². The molecule has 2 N–H and O–H groups in total. The highest BCUT2D eigenvalue weighted by atomic mass is 16.5. The Morgan fingerprint density at radius 3 is 2.37 bits per heavy atom. The lowest BCUT2D eigenvalue weighted by Gasteiger charge is -2.54. The summed E-state index contributed by atoms with van der Waals surface area (Å²) >= 11 is 0. The minimum atomic E-state index is -0.458. The first-order valence-corrected chi connectivity index (χ1v) is 11.3. The quantitative estimate of drug-likeness (QED) is 0.470. The molecule has 0 radical (unpaired) electrons. The van der Waals surface area contributed by atoms with E-state index in [1.807, 2.05) is 13.8 Å². The first kappa shape index (κ1) is 22.6. The van der Waals surface area contributed by atoms with E-state index < -0.39 is 5.75 Å². The lowest BCUT2D eigenvalue weighted by Crippen LogP contribution is -2.55. The van der Waals surface area contributed by atoms with E-state index in [0.29, 0.717) is 36.0 Å². The molecular weight excluding hydrogens is 380 g/mol. The van der Waals surface area contributed by atoms with E-state index in [1.54, 1.807) is 0 Å². The second-order valence-corrected chi connectivity index (χ2v) is 10.3. The van der Waals surface area contributed by atoms with Gasteiger partial charge < -0.3 is 14.9 Å². The second kappa shape index (κ2) is 8.24. The van der Waals surface area contributed by atoms with Gasteiger partial charge in [-0.3, -0.25) is 9.59 Å². The number of phenolic OH excluding ortho intramolecular Hbond substituents is 2. The third-order valence-electron chi connectivity index (χ3n) is 7.42. The minimum Gasteiger partial charge on any atom is -0.507 e. The monoisotopic (exact) mass is 416 g/mol. The fraction of sp³-hybridized carbons (Fsp3) is 0.680. The molecular formula is C25H36O5. The number of ether oxygens (including phenoxy) is 1. The van der Waals surface area contributed by atoms with Gasteiger partial charge in [-0.15, -0.1) is 0 Å². The van der Waals surface area contributed by atoms with Gasteiger partial charge in [0.2, 0.25) is 0 Å². The van der Waals surface area contributed by atoms with Crippen molar-refractivity contribution in [3.8, 4) is 17.2 Å². The van der Waals surface area contributed by atoms with Crippen LogP contribution in [0.3, 0.4) is 0 Å². The van der Waals surface area contributed by atoms with Gasteiger partial charge in [0.05, 0.1) is 5.56 Å². The highest BCUT2D eigenvalue weighted by molar-refractivity contribution is 6.05. The number of phenols is 2. The van der Waals surface area contributed by atoms with Gasteiger partial charge in [-0.05, 0) is 42.9 Å². The van der Waals surface area contributed by atoms with Crippen LogP contribution in [-0.2, 0) is 6.42 Å². The van der Waals surface area contributed by atoms with Crippen LogP contribution in [0.4, 0.5) is 0 Å². The maximum atomic E-state index is 12.8. The molecule has 0 spiro atoms. The Balaban J connectivity index is 2.22. The lowest BCUT2D eigenvalue weighted by molar-refractivity contribution is -0.0893. The van der Waals surface area contributed by atoms with Crippen LogP contribution >= 0.6 is 0 Å². The van der Waals surface area contributed by atoms with Crippen molar-refractivity contribution in [2.24, 2.45) is 29.1 Å². The highest BCUT2D eigenvalue weighted by Crippen LogP contribution is 2.57. The predicted octanol–water partition coefficient (Wildman–Crippen LogP) is 5.54. The minimum absolute atomic E-state index is 0.0136. The van der Waals surface area contributed by atoms with Crippen molar-refractivity contribution >= 4 is 12.1 Å². The van der Waals surface area contributed by atoms with E-state index in [9.17, 15) is 19.8 Å². The number of carbonyl (C=O) groups is 2. The van der Waals surface area contributed by atoms with E-state index in [4.69, 9.17) is 4.74 Å². The molecule has 2 aliphatic rings. The van der Waals surface area contributed by atoms with Crippen molar-refractivity contribution in [1.29, 1.82) is 0 Å². The summed E-state index contributed by atoms with van der Waals surface area (Å²) in [6.45, 7) is 12.6. The van der Waals surface area contributed by atoms with Crippen LogP contribution in [0.2, 0.25) is 0 Å². The Morgan fingerprint density at radius 1 is 1.17 bits per heavy atom. The number of carbonyl (C=O) groups excluding carboxylic acids is 2. The fourth-order valence-corrected chi connectivity index (χ4v) is 5.66. The van der Waals surface area contributed by atoms with Crippen molar-refractivity contribution in [3.63, 3.8) is 0 Å². The molecule has 0 saturated heterocycles. The average Bonchev–Trinajstić information content (AvgIpc) is 2.66. The Hall–Kier alpha value is -2.04. The molecule has 30 heavy (non-hydrogen) atoms. The molecule has 5 nitrogen and oxygen atoms in total. The van der Waals surface area contributed by atoms with Gasteiger partial charge in [0, 0.05) is 17.4 Å². The van der Waals surface area contributed by atoms with Gasteiger partial charge in [0.1, 0.15) is 28.9 Å². The fourth-order valence-electron chi connectivity index (χ4n) is 5.66. The standard InChI is InChI=1S/C25H36O5/c1-13(2)10-19(27)20-21(28)17-11-25(15(5)6)9-7-8-16(14(3)4)24(25)30-23(17)18(12-26)22(20)29/h12-16,24,28-29H,7-11H2,1-6H3/t16-,24-,25-/m1/s1. The molecule has 5 heteroatoms. The molecule has 0 bridgehead atoms. The van der Waals surface area contributed by atoms with Gasteiger partial charge in [0.25, 0.3) is 0 Å². The largest absolute Gasteiger partial charge is 0.507 e. The molecule has 0 amide bonds. The summed E-state index contributed by atoms with van der Waals surface area (Å²) in [7, 11) is 0.